The van der Waals surface area contributed by atoms with Crippen molar-refractivity contribution in [3.05, 3.63) is 35.2 Å². The maximum absolute atomic E-state index is 4.51. The molecule has 0 saturated carbocycles. The molecule has 5 heteroatoms. The van der Waals surface area contributed by atoms with Crippen LogP contribution < -0.4 is 5.32 Å². The maximum Gasteiger partial charge on any atom is 0.110 e. The van der Waals surface area contributed by atoms with Crippen LogP contribution in [0, 0.1) is 13.8 Å². The van der Waals surface area contributed by atoms with E-state index in [4.69, 9.17) is 0 Å². The van der Waals surface area contributed by atoms with Crippen LogP contribution in [0.5, 0.6) is 0 Å². The molecule has 0 saturated heterocycles. The largest absolute Gasteiger partial charge is 0.338 e. The van der Waals surface area contributed by atoms with Crippen molar-refractivity contribution in [2.75, 3.05) is 6.54 Å². The first-order chi connectivity index (χ1) is 9.04. The number of hydrogen-bond donors (Lipinski definition) is 1. The van der Waals surface area contributed by atoms with Crippen molar-refractivity contribution in [3.8, 4) is 0 Å². The van der Waals surface area contributed by atoms with Gasteiger partial charge in [-0.25, -0.2) is 4.98 Å². The Bertz CT molecular complexity index is 552. The first-order valence-electron chi connectivity index (χ1n) is 6.74. The fraction of sp³-hybridized carbons (Fsp3) is 0.571. The molecule has 19 heavy (non-hydrogen) atoms. The van der Waals surface area contributed by atoms with Crippen molar-refractivity contribution in [3.63, 3.8) is 0 Å². The van der Waals surface area contributed by atoms with Gasteiger partial charge in [0.15, 0.2) is 0 Å². The van der Waals surface area contributed by atoms with Gasteiger partial charge in [0.1, 0.15) is 5.82 Å². The van der Waals surface area contributed by atoms with Crippen molar-refractivity contribution in [2.45, 2.75) is 33.2 Å². The second-order valence-corrected chi connectivity index (χ2v) is 4.98. The first kappa shape index (κ1) is 13.8. The summed E-state index contributed by atoms with van der Waals surface area (Å²) in [5.41, 5.74) is 3.62. The zero-order valence-electron chi connectivity index (χ0n) is 12.4. The molecule has 0 aliphatic heterocycles. The highest BCUT2D eigenvalue weighted by molar-refractivity contribution is 5.29. The maximum atomic E-state index is 4.51. The van der Waals surface area contributed by atoms with Crippen LogP contribution in [0.25, 0.3) is 0 Å². The number of imidazole rings is 1. The first-order valence-corrected chi connectivity index (χ1v) is 6.74. The molecule has 1 unspecified atom stereocenters. The van der Waals surface area contributed by atoms with Crippen molar-refractivity contribution >= 4 is 0 Å². The van der Waals surface area contributed by atoms with E-state index < -0.39 is 0 Å². The summed E-state index contributed by atoms with van der Waals surface area (Å²) in [4.78, 5) is 4.43. The molecule has 0 bridgehead atoms. The third-order valence-electron chi connectivity index (χ3n) is 3.67. The zero-order chi connectivity index (χ0) is 14.0. The Hall–Kier alpha value is -1.62. The number of hydrogen-bond acceptors (Lipinski definition) is 3. The average molecular weight is 261 g/mol. The predicted octanol–water partition coefficient (Wildman–Crippen LogP) is 1.66. The van der Waals surface area contributed by atoms with E-state index in [1.165, 1.54) is 11.3 Å². The molecular formula is C14H23N5. The lowest BCUT2D eigenvalue weighted by Crippen LogP contribution is -2.25. The van der Waals surface area contributed by atoms with Crippen molar-refractivity contribution in [1.29, 1.82) is 0 Å². The SMILES string of the molecule is CCNC(Cc1nccn1C)c1c(C)nn(C)c1C. The minimum atomic E-state index is 0.264. The zero-order valence-corrected chi connectivity index (χ0v) is 12.4. The quantitative estimate of drug-likeness (QED) is 0.890. The van der Waals surface area contributed by atoms with Crippen molar-refractivity contribution in [1.82, 2.24) is 24.6 Å². The minimum Gasteiger partial charge on any atom is -0.338 e. The normalized spacial score (nSPS) is 12.9. The van der Waals surface area contributed by atoms with Gasteiger partial charge >= 0.3 is 0 Å². The molecule has 2 rings (SSSR count). The second-order valence-electron chi connectivity index (χ2n) is 4.98. The van der Waals surface area contributed by atoms with Gasteiger partial charge in [0, 0.05) is 50.2 Å². The van der Waals surface area contributed by atoms with Crippen LogP contribution in [0.3, 0.4) is 0 Å². The number of aryl methyl sites for hydroxylation is 3. The Morgan fingerprint density at radius 1 is 1.32 bits per heavy atom. The van der Waals surface area contributed by atoms with Gasteiger partial charge in [0.2, 0.25) is 0 Å². The van der Waals surface area contributed by atoms with Gasteiger partial charge in [-0.15, -0.1) is 0 Å². The third kappa shape index (κ3) is 2.71. The van der Waals surface area contributed by atoms with Gasteiger partial charge in [0.05, 0.1) is 5.69 Å². The molecule has 1 N–H and O–H groups in total. The molecule has 0 aliphatic carbocycles. The lowest BCUT2D eigenvalue weighted by atomic mass is 10.0. The molecule has 104 valence electrons. The standard InChI is InChI=1S/C14H23N5/c1-6-15-12(9-13-16-7-8-18(13)4)14-10(2)17-19(5)11(14)3/h7-8,12,15H,6,9H2,1-5H3. The number of nitrogens with zero attached hydrogens (tertiary/aromatic N) is 4. The second kappa shape index (κ2) is 5.57. The molecule has 0 aromatic carbocycles. The molecular weight excluding hydrogens is 238 g/mol. The van der Waals surface area contributed by atoms with Gasteiger partial charge in [-0.3, -0.25) is 4.68 Å². The summed E-state index contributed by atoms with van der Waals surface area (Å²) in [6.45, 7) is 7.26. The predicted molar refractivity (Wildman–Crippen MR) is 76.0 cm³/mol. The van der Waals surface area contributed by atoms with Crippen LogP contribution in [0.4, 0.5) is 0 Å². The van der Waals surface area contributed by atoms with Gasteiger partial charge in [-0.05, 0) is 20.4 Å². The number of nitrogens with one attached hydrogen (secondary N) is 1. The molecule has 5 nitrogen and oxygen atoms in total. The lowest BCUT2D eigenvalue weighted by Gasteiger charge is -2.18. The Morgan fingerprint density at radius 2 is 2.05 bits per heavy atom. The van der Waals surface area contributed by atoms with E-state index in [-0.39, 0.29) is 6.04 Å². The summed E-state index contributed by atoms with van der Waals surface area (Å²) in [7, 11) is 4.03. The summed E-state index contributed by atoms with van der Waals surface area (Å²) < 4.78 is 4.03. The molecule has 0 spiro atoms. The van der Waals surface area contributed by atoms with Crippen LogP contribution in [0.1, 0.15) is 35.7 Å². The Kier molecular flexibility index (Phi) is 4.04. The molecule has 2 heterocycles. The summed E-state index contributed by atoms with van der Waals surface area (Å²) in [5.74, 6) is 1.09. The number of rotatable bonds is 5. The van der Waals surface area contributed by atoms with E-state index in [1.54, 1.807) is 0 Å². The van der Waals surface area contributed by atoms with E-state index in [0.29, 0.717) is 0 Å². The van der Waals surface area contributed by atoms with Crippen molar-refractivity contribution < 1.29 is 0 Å². The smallest absolute Gasteiger partial charge is 0.110 e. The van der Waals surface area contributed by atoms with Crippen LogP contribution in [0.2, 0.25) is 0 Å². The molecule has 0 aliphatic rings. The monoisotopic (exact) mass is 261 g/mol. The molecule has 0 amide bonds. The summed E-state index contributed by atoms with van der Waals surface area (Å²) in [5, 5.41) is 8.07. The summed E-state index contributed by atoms with van der Waals surface area (Å²) in [6.07, 6.45) is 4.72. The highest BCUT2D eigenvalue weighted by atomic mass is 15.3. The molecule has 0 radical (unpaired) electrons. The van der Waals surface area contributed by atoms with Gasteiger partial charge in [-0.2, -0.15) is 5.10 Å². The van der Waals surface area contributed by atoms with Gasteiger partial charge < -0.3 is 9.88 Å². The van der Waals surface area contributed by atoms with Crippen LogP contribution in [-0.2, 0) is 20.5 Å². The molecule has 0 fully saturated rings. The molecule has 2 aromatic heterocycles. The van der Waals surface area contributed by atoms with E-state index in [1.807, 2.05) is 31.2 Å². The van der Waals surface area contributed by atoms with Gasteiger partial charge in [-0.1, -0.05) is 6.92 Å². The Labute approximate surface area is 114 Å². The fourth-order valence-electron chi connectivity index (χ4n) is 2.59. The highest BCUT2D eigenvalue weighted by Crippen LogP contribution is 2.24. The topological polar surface area (TPSA) is 47.7 Å². The molecule has 2 aromatic rings. The van der Waals surface area contributed by atoms with Crippen molar-refractivity contribution in [2.24, 2.45) is 14.1 Å². The highest BCUT2D eigenvalue weighted by Gasteiger charge is 2.21. The van der Waals surface area contributed by atoms with Crippen LogP contribution >= 0.6 is 0 Å². The third-order valence-corrected chi connectivity index (χ3v) is 3.67. The number of aromatic nitrogens is 4. The van der Waals surface area contributed by atoms with E-state index in [0.717, 1.165) is 24.5 Å². The Balaban J connectivity index is 2.32. The average Bonchev–Trinajstić information content (AvgIpc) is 2.85. The minimum absolute atomic E-state index is 0.264. The van der Waals surface area contributed by atoms with Crippen LogP contribution in [0.15, 0.2) is 12.4 Å². The van der Waals surface area contributed by atoms with E-state index in [9.17, 15) is 0 Å². The molecule has 1 atom stereocenters. The fourth-order valence-corrected chi connectivity index (χ4v) is 2.59. The number of likely N-dealkylation sites (N-methyl/N-ethyl adjacent to an activating group) is 1. The van der Waals surface area contributed by atoms with E-state index in [2.05, 4.69) is 40.7 Å². The summed E-state index contributed by atoms with van der Waals surface area (Å²) in [6, 6.07) is 0.264. The van der Waals surface area contributed by atoms with Crippen LogP contribution in [-0.4, -0.2) is 25.9 Å². The summed E-state index contributed by atoms with van der Waals surface area (Å²) >= 11 is 0. The lowest BCUT2D eigenvalue weighted by molar-refractivity contribution is 0.524. The Morgan fingerprint density at radius 3 is 2.53 bits per heavy atom. The van der Waals surface area contributed by atoms with E-state index >= 15 is 0 Å². The van der Waals surface area contributed by atoms with Gasteiger partial charge in [0.25, 0.3) is 0 Å².